The predicted octanol–water partition coefficient (Wildman–Crippen LogP) is 2.79. The Labute approximate surface area is 105 Å². The molecule has 2 nitrogen and oxygen atoms in total. The highest BCUT2D eigenvalue weighted by Crippen LogP contribution is 2.37. The molecule has 2 atom stereocenters. The van der Waals surface area contributed by atoms with Crippen LogP contribution in [0.5, 0.6) is 0 Å². The second kappa shape index (κ2) is 5.54. The third-order valence-corrected chi connectivity index (χ3v) is 3.81. The summed E-state index contributed by atoms with van der Waals surface area (Å²) in [4.78, 5) is 2.48. The van der Waals surface area contributed by atoms with Gasteiger partial charge >= 0.3 is 0 Å². The van der Waals surface area contributed by atoms with E-state index in [0.29, 0.717) is 0 Å². The Hall–Kier alpha value is -1.02. The average molecular weight is 232 g/mol. The standard InChI is InChI=1S/C15H24N2/c1-12-10-14(12)11-17(2)9-3-4-13-5-7-15(16)8-6-13/h5-8,12,14H,3-4,9-11,16H2,1-2H3. The number of hydrogen-bond acceptors (Lipinski definition) is 2. The summed E-state index contributed by atoms with van der Waals surface area (Å²) in [6.45, 7) is 4.84. The minimum atomic E-state index is 0.855. The lowest BCUT2D eigenvalue weighted by Crippen LogP contribution is -2.23. The fourth-order valence-corrected chi connectivity index (χ4v) is 2.38. The molecule has 94 valence electrons. The number of nitrogens with zero attached hydrogens (tertiary/aromatic N) is 1. The maximum absolute atomic E-state index is 5.67. The molecule has 0 aromatic heterocycles. The van der Waals surface area contributed by atoms with E-state index in [0.717, 1.165) is 23.9 Å². The molecule has 0 amide bonds. The first-order valence-electron chi connectivity index (χ1n) is 6.68. The number of aryl methyl sites for hydroxylation is 1. The summed E-state index contributed by atoms with van der Waals surface area (Å²) in [7, 11) is 2.24. The van der Waals surface area contributed by atoms with Crippen molar-refractivity contribution in [3.8, 4) is 0 Å². The van der Waals surface area contributed by atoms with E-state index >= 15 is 0 Å². The Morgan fingerprint density at radius 2 is 1.94 bits per heavy atom. The van der Waals surface area contributed by atoms with Gasteiger partial charge in [0.15, 0.2) is 0 Å². The molecule has 2 unspecified atom stereocenters. The highest BCUT2D eigenvalue weighted by molar-refractivity contribution is 5.39. The minimum Gasteiger partial charge on any atom is -0.399 e. The van der Waals surface area contributed by atoms with Crippen molar-refractivity contribution in [2.24, 2.45) is 11.8 Å². The predicted molar refractivity (Wildman–Crippen MR) is 73.9 cm³/mol. The molecule has 0 saturated heterocycles. The van der Waals surface area contributed by atoms with Gasteiger partial charge in [0.2, 0.25) is 0 Å². The largest absolute Gasteiger partial charge is 0.399 e. The minimum absolute atomic E-state index is 0.855. The SMILES string of the molecule is CC1CC1CN(C)CCCc1ccc(N)cc1. The maximum atomic E-state index is 5.67. The van der Waals surface area contributed by atoms with Crippen molar-refractivity contribution in [3.05, 3.63) is 29.8 Å². The van der Waals surface area contributed by atoms with Gasteiger partial charge in [-0.1, -0.05) is 19.1 Å². The molecule has 1 aliphatic carbocycles. The van der Waals surface area contributed by atoms with Crippen LogP contribution in [0.1, 0.15) is 25.3 Å². The molecule has 2 rings (SSSR count). The lowest BCUT2D eigenvalue weighted by molar-refractivity contribution is 0.311. The monoisotopic (exact) mass is 232 g/mol. The summed E-state index contributed by atoms with van der Waals surface area (Å²) in [5.41, 5.74) is 7.92. The second-order valence-electron chi connectivity index (χ2n) is 5.58. The summed E-state index contributed by atoms with van der Waals surface area (Å²) in [6.07, 6.45) is 3.83. The van der Waals surface area contributed by atoms with Crippen LogP contribution >= 0.6 is 0 Å². The zero-order chi connectivity index (χ0) is 12.3. The van der Waals surface area contributed by atoms with Gasteiger partial charge in [-0.2, -0.15) is 0 Å². The van der Waals surface area contributed by atoms with Crippen molar-refractivity contribution in [3.63, 3.8) is 0 Å². The highest BCUT2D eigenvalue weighted by atomic mass is 15.1. The first-order valence-corrected chi connectivity index (χ1v) is 6.68. The van der Waals surface area contributed by atoms with E-state index in [4.69, 9.17) is 5.73 Å². The van der Waals surface area contributed by atoms with E-state index in [9.17, 15) is 0 Å². The Bertz CT molecular complexity index is 344. The zero-order valence-corrected chi connectivity index (χ0v) is 11.0. The van der Waals surface area contributed by atoms with Crippen LogP contribution in [0.2, 0.25) is 0 Å². The van der Waals surface area contributed by atoms with Gasteiger partial charge in [0.1, 0.15) is 0 Å². The van der Waals surface area contributed by atoms with Crippen LogP contribution in [-0.4, -0.2) is 25.0 Å². The molecule has 1 saturated carbocycles. The van der Waals surface area contributed by atoms with E-state index in [1.165, 1.54) is 31.5 Å². The summed E-state index contributed by atoms with van der Waals surface area (Å²) < 4.78 is 0. The molecule has 0 radical (unpaired) electrons. The fraction of sp³-hybridized carbons (Fsp3) is 0.600. The molecule has 0 aliphatic heterocycles. The van der Waals surface area contributed by atoms with Crippen LogP contribution in [0.25, 0.3) is 0 Å². The number of benzene rings is 1. The number of nitrogen functional groups attached to an aromatic ring is 1. The van der Waals surface area contributed by atoms with Gasteiger partial charge in [-0.15, -0.1) is 0 Å². The van der Waals surface area contributed by atoms with E-state index in [-0.39, 0.29) is 0 Å². The molecule has 2 heteroatoms. The van der Waals surface area contributed by atoms with Crippen molar-refractivity contribution < 1.29 is 0 Å². The molecular weight excluding hydrogens is 208 g/mol. The van der Waals surface area contributed by atoms with Crippen molar-refractivity contribution in [2.45, 2.75) is 26.2 Å². The summed E-state index contributed by atoms with van der Waals surface area (Å²) >= 11 is 0. The number of nitrogens with two attached hydrogens (primary N) is 1. The highest BCUT2D eigenvalue weighted by Gasteiger charge is 2.32. The molecular formula is C15H24N2. The second-order valence-corrected chi connectivity index (χ2v) is 5.58. The number of hydrogen-bond donors (Lipinski definition) is 1. The lowest BCUT2D eigenvalue weighted by Gasteiger charge is -2.16. The third kappa shape index (κ3) is 4.04. The van der Waals surface area contributed by atoms with E-state index in [2.05, 4.69) is 31.0 Å². The van der Waals surface area contributed by atoms with Crippen molar-refractivity contribution in [1.29, 1.82) is 0 Å². The summed E-state index contributed by atoms with van der Waals surface area (Å²) in [6, 6.07) is 8.26. The molecule has 0 heterocycles. The summed E-state index contributed by atoms with van der Waals surface area (Å²) in [5, 5.41) is 0. The molecule has 1 fully saturated rings. The van der Waals surface area contributed by atoms with Gasteiger partial charge in [-0.25, -0.2) is 0 Å². The van der Waals surface area contributed by atoms with Gasteiger partial charge < -0.3 is 10.6 Å². The molecule has 1 aromatic rings. The van der Waals surface area contributed by atoms with Gasteiger partial charge in [0.05, 0.1) is 0 Å². The molecule has 1 aromatic carbocycles. The fourth-order valence-electron chi connectivity index (χ4n) is 2.38. The molecule has 0 bridgehead atoms. The number of anilines is 1. The average Bonchev–Trinajstić information content (AvgIpc) is 2.97. The van der Waals surface area contributed by atoms with Gasteiger partial charge in [0, 0.05) is 12.2 Å². The van der Waals surface area contributed by atoms with Crippen molar-refractivity contribution in [1.82, 2.24) is 4.90 Å². The first-order chi connectivity index (χ1) is 8.15. The summed E-state index contributed by atoms with van der Waals surface area (Å²) in [5.74, 6) is 1.94. The van der Waals surface area contributed by atoms with Crippen LogP contribution < -0.4 is 5.73 Å². The quantitative estimate of drug-likeness (QED) is 0.764. The van der Waals surface area contributed by atoms with Crippen LogP contribution in [0, 0.1) is 11.8 Å². The first kappa shape index (κ1) is 12.4. The van der Waals surface area contributed by atoms with E-state index in [1.807, 2.05) is 12.1 Å². The van der Waals surface area contributed by atoms with Crippen molar-refractivity contribution >= 4 is 5.69 Å². The Balaban J connectivity index is 1.63. The maximum Gasteiger partial charge on any atom is 0.0314 e. The zero-order valence-electron chi connectivity index (χ0n) is 11.0. The third-order valence-electron chi connectivity index (χ3n) is 3.81. The molecule has 17 heavy (non-hydrogen) atoms. The Morgan fingerprint density at radius 3 is 2.53 bits per heavy atom. The van der Waals surface area contributed by atoms with E-state index < -0.39 is 0 Å². The van der Waals surface area contributed by atoms with Gasteiger partial charge in [0.25, 0.3) is 0 Å². The van der Waals surface area contributed by atoms with E-state index in [1.54, 1.807) is 0 Å². The molecule has 0 spiro atoms. The number of rotatable bonds is 6. The van der Waals surface area contributed by atoms with Crippen molar-refractivity contribution in [2.75, 3.05) is 25.9 Å². The Kier molecular flexibility index (Phi) is 4.06. The van der Waals surface area contributed by atoms with Crippen LogP contribution in [0.4, 0.5) is 5.69 Å². The van der Waals surface area contributed by atoms with Crippen LogP contribution in [0.3, 0.4) is 0 Å². The van der Waals surface area contributed by atoms with Gasteiger partial charge in [-0.05, 0) is 62.4 Å². The van der Waals surface area contributed by atoms with Crippen LogP contribution in [-0.2, 0) is 6.42 Å². The smallest absolute Gasteiger partial charge is 0.0314 e. The normalized spacial score (nSPS) is 23.0. The van der Waals surface area contributed by atoms with Gasteiger partial charge in [-0.3, -0.25) is 0 Å². The lowest BCUT2D eigenvalue weighted by atomic mass is 10.1. The van der Waals surface area contributed by atoms with Crippen LogP contribution in [0.15, 0.2) is 24.3 Å². The Morgan fingerprint density at radius 1 is 1.29 bits per heavy atom. The molecule has 1 aliphatic rings. The molecule has 2 N–H and O–H groups in total. The topological polar surface area (TPSA) is 29.3 Å².